The number of benzene rings is 2. The first-order valence-electron chi connectivity index (χ1n) is 6.06. The zero-order valence-corrected chi connectivity index (χ0v) is 13.1. The van der Waals surface area contributed by atoms with Gasteiger partial charge in [0.05, 0.1) is 15.1 Å². The molecule has 0 atom stereocenters. The third-order valence-corrected chi connectivity index (χ3v) is 3.63. The monoisotopic (exact) mass is 340 g/mol. The van der Waals surface area contributed by atoms with E-state index in [-0.39, 0.29) is 6.61 Å². The zero-order chi connectivity index (χ0) is 15.2. The van der Waals surface area contributed by atoms with Crippen molar-refractivity contribution >= 4 is 34.8 Å². The minimum Gasteiger partial charge on any atom is -0.487 e. The van der Waals surface area contributed by atoms with Crippen molar-refractivity contribution in [2.45, 2.75) is 6.61 Å². The molecule has 0 heterocycles. The Morgan fingerprint density at radius 1 is 1.00 bits per heavy atom. The highest BCUT2D eigenvalue weighted by Crippen LogP contribution is 2.34. The predicted molar refractivity (Wildman–Crippen MR) is 86.2 cm³/mol. The minimum atomic E-state index is -0.167. The van der Waals surface area contributed by atoms with Crippen LogP contribution in [0.1, 0.15) is 11.1 Å². The number of hydrogen-bond donors (Lipinski definition) is 1. The fourth-order valence-corrected chi connectivity index (χ4v) is 2.25. The summed E-state index contributed by atoms with van der Waals surface area (Å²) in [6.45, 7) is 0.159. The van der Waals surface area contributed by atoms with Gasteiger partial charge < -0.3 is 9.84 Å². The van der Waals surface area contributed by atoms with E-state index in [0.29, 0.717) is 27.4 Å². The van der Waals surface area contributed by atoms with Crippen molar-refractivity contribution in [3.63, 3.8) is 0 Å². The molecule has 2 aromatic carbocycles. The zero-order valence-electron chi connectivity index (χ0n) is 10.9. The summed E-state index contributed by atoms with van der Waals surface area (Å²) in [7, 11) is 0. The van der Waals surface area contributed by atoms with E-state index in [9.17, 15) is 0 Å². The number of hydrogen-bond acceptors (Lipinski definition) is 2. The fraction of sp³-hybridized carbons (Fsp3) is 0.125. The van der Waals surface area contributed by atoms with Crippen LogP contribution in [0.5, 0.6) is 5.75 Å². The molecule has 0 aromatic heterocycles. The van der Waals surface area contributed by atoms with Crippen LogP contribution in [0.3, 0.4) is 0 Å². The largest absolute Gasteiger partial charge is 0.487 e. The Balaban J connectivity index is 2.11. The summed E-state index contributed by atoms with van der Waals surface area (Å²) in [6, 6.07) is 10.7. The first-order chi connectivity index (χ1) is 10.1. The topological polar surface area (TPSA) is 29.5 Å². The Kier molecular flexibility index (Phi) is 5.78. The number of ether oxygens (including phenoxy) is 1. The van der Waals surface area contributed by atoms with Crippen LogP contribution in [0.4, 0.5) is 0 Å². The minimum absolute atomic E-state index is 0.167. The Hall–Kier alpha value is -1.37. The molecule has 0 amide bonds. The van der Waals surface area contributed by atoms with Gasteiger partial charge in [-0.1, -0.05) is 58.8 Å². The van der Waals surface area contributed by atoms with E-state index in [2.05, 4.69) is 11.8 Å². The molecule has 0 aliphatic rings. The highest BCUT2D eigenvalue weighted by molar-refractivity contribution is 6.43. The maximum absolute atomic E-state index is 8.69. The van der Waals surface area contributed by atoms with Crippen molar-refractivity contribution < 1.29 is 9.84 Å². The van der Waals surface area contributed by atoms with Gasteiger partial charge in [0.15, 0.2) is 0 Å². The van der Waals surface area contributed by atoms with Crippen LogP contribution in [-0.2, 0) is 6.61 Å². The average molecular weight is 342 g/mol. The van der Waals surface area contributed by atoms with Crippen molar-refractivity contribution in [1.82, 2.24) is 0 Å². The standard InChI is InChI=1S/C16H11Cl3O2/c17-13-8-15(19)16(9-14(13)18)21-10-12-4-1-3-11(7-12)5-2-6-20/h1,3-4,7-9,20H,6,10H2. The molecule has 2 aromatic rings. The quantitative estimate of drug-likeness (QED) is 0.654. The Morgan fingerprint density at radius 2 is 1.76 bits per heavy atom. The first kappa shape index (κ1) is 16.0. The van der Waals surface area contributed by atoms with Gasteiger partial charge in [0.2, 0.25) is 0 Å². The number of aliphatic hydroxyl groups is 1. The molecule has 0 spiro atoms. The molecular weight excluding hydrogens is 331 g/mol. The lowest BCUT2D eigenvalue weighted by Crippen LogP contribution is -1.96. The molecule has 0 fully saturated rings. The van der Waals surface area contributed by atoms with Crippen molar-refractivity contribution in [3.05, 3.63) is 62.6 Å². The Morgan fingerprint density at radius 3 is 2.52 bits per heavy atom. The van der Waals surface area contributed by atoms with Gasteiger partial charge in [0.25, 0.3) is 0 Å². The molecule has 0 unspecified atom stereocenters. The molecule has 0 bridgehead atoms. The second-order valence-electron chi connectivity index (χ2n) is 4.15. The first-order valence-corrected chi connectivity index (χ1v) is 7.19. The van der Waals surface area contributed by atoms with Gasteiger partial charge in [-0.15, -0.1) is 0 Å². The molecule has 0 saturated carbocycles. The van der Waals surface area contributed by atoms with Gasteiger partial charge in [-0.05, 0) is 23.8 Å². The van der Waals surface area contributed by atoms with Crippen LogP contribution in [0.25, 0.3) is 0 Å². The Labute approximate surface area is 138 Å². The van der Waals surface area contributed by atoms with Crippen molar-refractivity contribution in [3.8, 4) is 17.6 Å². The van der Waals surface area contributed by atoms with Gasteiger partial charge in [0, 0.05) is 11.6 Å². The van der Waals surface area contributed by atoms with E-state index < -0.39 is 0 Å². The van der Waals surface area contributed by atoms with Crippen molar-refractivity contribution in [2.24, 2.45) is 0 Å². The lowest BCUT2D eigenvalue weighted by molar-refractivity contribution is 0.306. The third kappa shape index (κ3) is 4.56. The molecule has 108 valence electrons. The highest BCUT2D eigenvalue weighted by atomic mass is 35.5. The summed E-state index contributed by atoms with van der Waals surface area (Å²) in [6.07, 6.45) is 0. The second-order valence-corrected chi connectivity index (χ2v) is 5.37. The number of rotatable bonds is 3. The third-order valence-electron chi connectivity index (χ3n) is 2.61. The van der Waals surface area contributed by atoms with Gasteiger partial charge in [-0.3, -0.25) is 0 Å². The summed E-state index contributed by atoms with van der Waals surface area (Å²) in [4.78, 5) is 0. The fourth-order valence-electron chi connectivity index (χ4n) is 1.66. The lowest BCUT2D eigenvalue weighted by atomic mass is 10.1. The van der Waals surface area contributed by atoms with Crippen molar-refractivity contribution in [2.75, 3.05) is 6.61 Å². The molecule has 0 radical (unpaired) electrons. The van der Waals surface area contributed by atoms with Gasteiger partial charge in [-0.2, -0.15) is 0 Å². The van der Waals surface area contributed by atoms with Gasteiger partial charge in [0.1, 0.15) is 19.0 Å². The van der Waals surface area contributed by atoms with Crippen LogP contribution in [0.2, 0.25) is 15.1 Å². The Bertz CT molecular complexity index is 702. The summed E-state index contributed by atoms with van der Waals surface area (Å²) in [5.41, 5.74) is 1.74. The SMILES string of the molecule is OCC#Cc1cccc(COc2cc(Cl)c(Cl)cc2Cl)c1. The van der Waals surface area contributed by atoms with Crippen LogP contribution in [0.15, 0.2) is 36.4 Å². The normalized spacial score (nSPS) is 9.90. The molecular formula is C16H11Cl3O2. The summed E-state index contributed by atoms with van der Waals surface area (Å²) >= 11 is 17.9. The molecule has 2 rings (SSSR count). The number of aliphatic hydroxyl groups excluding tert-OH is 1. The second kappa shape index (κ2) is 7.59. The predicted octanol–water partition coefficient (Wildman–Crippen LogP) is 4.57. The van der Waals surface area contributed by atoms with E-state index in [1.54, 1.807) is 12.1 Å². The smallest absolute Gasteiger partial charge is 0.139 e. The lowest BCUT2D eigenvalue weighted by Gasteiger charge is -2.09. The molecule has 0 aliphatic carbocycles. The van der Waals surface area contributed by atoms with E-state index >= 15 is 0 Å². The van der Waals surface area contributed by atoms with E-state index in [0.717, 1.165) is 11.1 Å². The maximum Gasteiger partial charge on any atom is 0.139 e. The van der Waals surface area contributed by atoms with Crippen LogP contribution >= 0.6 is 34.8 Å². The molecule has 1 N–H and O–H groups in total. The molecule has 5 heteroatoms. The molecule has 0 aliphatic heterocycles. The maximum atomic E-state index is 8.69. The van der Waals surface area contributed by atoms with E-state index in [4.69, 9.17) is 44.6 Å². The summed E-state index contributed by atoms with van der Waals surface area (Å²) in [5.74, 6) is 5.91. The summed E-state index contributed by atoms with van der Waals surface area (Å²) in [5, 5.41) is 9.87. The van der Waals surface area contributed by atoms with E-state index in [1.807, 2.05) is 24.3 Å². The van der Waals surface area contributed by atoms with Gasteiger partial charge in [-0.25, -0.2) is 0 Å². The molecule has 2 nitrogen and oxygen atoms in total. The van der Waals surface area contributed by atoms with Gasteiger partial charge >= 0.3 is 0 Å². The molecule has 0 saturated heterocycles. The van der Waals surface area contributed by atoms with E-state index in [1.165, 1.54) is 0 Å². The van der Waals surface area contributed by atoms with Crippen LogP contribution in [0, 0.1) is 11.8 Å². The average Bonchev–Trinajstić information content (AvgIpc) is 2.48. The highest BCUT2D eigenvalue weighted by Gasteiger charge is 2.07. The summed E-state index contributed by atoms with van der Waals surface area (Å²) < 4.78 is 5.65. The number of halogens is 3. The molecule has 21 heavy (non-hydrogen) atoms. The van der Waals surface area contributed by atoms with Crippen LogP contribution < -0.4 is 4.74 Å². The van der Waals surface area contributed by atoms with Crippen LogP contribution in [-0.4, -0.2) is 11.7 Å². The van der Waals surface area contributed by atoms with Crippen molar-refractivity contribution in [1.29, 1.82) is 0 Å².